The molecule has 1 unspecified atom stereocenters. The van der Waals surface area contributed by atoms with Gasteiger partial charge in [0.1, 0.15) is 0 Å². The van der Waals surface area contributed by atoms with E-state index in [1.165, 1.54) is 22.4 Å². The van der Waals surface area contributed by atoms with Crippen LogP contribution in [-0.4, -0.2) is 8.07 Å². The Morgan fingerprint density at radius 2 is 1.55 bits per heavy atom. The van der Waals surface area contributed by atoms with Gasteiger partial charge in [0.15, 0.2) is 0 Å². The Morgan fingerprint density at radius 1 is 1.00 bits per heavy atom. The second kappa shape index (κ2) is 7.44. The molecule has 2 aromatic carbocycles. The highest BCUT2D eigenvalue weighted by atomic mass is 28.3. The molecule has 0 aliphatic carbocycles. The van der Waals surface area contributed by atoms with Gasteiger partial charge in [-0.1, -0.05) is 85.5 Å². The first-order valence-electron chi connectivity index (χ1n) is 7.99. The van der Waals surface area contributed by atoms with Crippen molar-refractivity contribution in [1.82, 2.24) is 0 Å². The van der Waals surface area contributed by atoms with Crippen LogP contribution in [-0.2, 0) is 6.42 Å². The lowest BCUT2D eigenvalue weighted by atomic mass is 9.95. The molecule has 0 heterocycles. The Kier molecular flexibility index (Phi) is 5.60. The van der Waals surface area contributed by atoms with E-state index < -0.39 is 8.07 Å². The van der Waals surface area contributed by atoms with Crippen molar-refractivity contribution in [2.75, 3.05) is 0 Å². The molecule has 0 spiro atoms. The van der Waals surface area contributed by atoms with E-state index in [0.717, 1.165) is 6.42 Å². The monoisotopic (exact) mass is 306 g/mol. The summed E-state index contributed by atoms with van der Waals surface area (Å²) in [5.74, 6) is 0.529. The Balaban J connectivity index is 2.22. The molecule has 0 saturated heterocycles. The second-order valence-corrected chi connectivity index (χ2v) is 11.5. The van der Waals surface area contributed by atoms with E-state index in [-0.39, 0.29) is 0 Å². The zero-order valence-corrected chi connectivity index (χ0v) is 15.0. The molecule has 114 valence electrons. The summed E-state index contributed by atoms with van der Waals surface area (Å²) in [7, 11) is -1.46. The zero-order chi connectivity index (χ0) is 16.0. The largest absolute Gasteiger partial charge is 0.130 e. The Bertz CT molecular complexity index is 634. The normalized spacial score (nSPS) is 12.5. The van der Waals surface area contributed by atoms with Gasteiger partial charge in [0, 0.05) is 0 Å². The number of allylic oxidation sites excluding steroid dienone is 1. The van der Waals surface area contributed by atoms with E-state index in [4.69, 9.17) is 0 Å². The molecule has 0 bridgehead atoms. The van der Waals surface area contributed by atoms with E-state index >= 15 is 0 Å². The summed E-state index contributed by atoms with van der Waals surface area (Å²) in [5, 5.41) is 1.53. The third-order valence-electron chi connectivity index (χ3n) is 4.53. The molecule has 0 aliphatic heterocycles. The van der Waals surface area contributed by atoms with Crippen LogP contribution >= 0.6 is 0 Å². The van der Waals surface area contributed by atoms with Gasteiger partial charge >= 0.3 is 0 Å². The van der Waals surface area contributed by atoms with Gasteiger partial charge < -0.3 is 0 Å². The summed E-state index contributed by atoms with van der Waals surface area (Å²) < 4.78 is 0. The maximum atomic E-state index is 3.88. The topological polar surface area (TPSA) is 0 Å². The molecule has 0 N–H and O–H groups in total. The lowest BCUT2D eigenvalue weighted by molar-refractivity contribution is 0.669. The van der Waals surface area contributed by atoms with Crippen molar-refractivity contribution in [2.45, 2.75) is 32.5 Å². The fraction of sp³-hybridized carbons (Fsp3) is 0.286. The summed E-state index contributed by atoms with van der Waals surface area (Å²) in [6.07, 6.45) is 1.08. The minimum Gasteiger partial charge on any atom is -0.130 e. The highest BCUT2D eigenvalue weighted by Gasteiger charge is 2.28. The van der Waals surface area contributed by atoms with E-state index in [9.17, 15) is 0 Å². The Labute approximate surface area is 136 Å². The first-order chi connectivity index (χ1) is 10.5. The van der Waals surface area contributed by atoms with Gasteiger partial charge in [-0.15, -0.1) is 5.73 Å². The first kappa shape index (κ1) is 16.5. The van der Waals surface area contributed by atoms with Crippen molar-refractivity contribution < 1.29 is 0 Å². The molecule has 0 aliphatic rings. The minimum atomic E-state index is -1.46. The highest BCUT2D eigenvalue weighted by Crippen LogP contribution is 2.26. The van der Waals surface area contributed by atoms with Crippen molar-refractivity contribution in [1.29, 1.82) is 0 Å². The number of benzene rings is 2. The standard InChI is InChI=1S/C21H26Si/c1-5-18(2)20(16-19-12-8-6-9-13-19)17-22(3,4)21-14-10-7-11-15-21/h6-15,20H,1,16-17H2,2-4H3. The van der Waals surface area contributed by atoms with Crippen LogP contribution < -0.4 is 5.19 Å². The van der Waals surface area contributed by atoms with Crippen LogP contribution in [0.5, 0.6) is 0 Å². The van der Waals surface area contributed by atoms with Gasteiger partial charge in [-0.05, 0) is 36.4 Å². The van der Waals surface area contributed by atoms with Crippen LogP contribution in [0.15, 0.2) is 78.5 Å². The second-order valence-electron chi connectivity index (χ2n) is 6.70. The summed E-state index contributed by atoms with van der Waals surface area (Å²) >= 11 is 0. The van der Waals surface area contributed by atoms with Crippen molar-refractivity contribution in [2.24, 2.45) is 5.92 Å². The van der Waals surface area contributed by atoms with Crippen molar-refractivity contribution in [3.05, 3.63) is 84.1 Å². The molecule has 0 aromatic heterocycles. The molecule has 1 atom stereocenters. The van der Waals surface area contributed by atoms with Crippen LogP contribution in [0.2, 0.25) is 19.1 Å². The fourth-order valence-corrected chi connectivity index (χ4v) is 6.06. The molecule has 2 aromatic rings. The van der Waals surface area contributed by atoms with Gasteiger partial charge in [-0.3, -0.25) is 0 Å². The Hall–Kier alpha value is -1.82. The van der Waals surface area contributed by atoms with Crippen molar-refractivity contribution in [3.8, 4) is 0 Å². The lowest BCUT2D eigenvalue weighted by Gasteiger charge is -2.29. The van der Waals surface area contributed by atoms with Crippen molar-refractivity contribution in [3.63, 3.8) is 0 Å². The van der Waals surface area contributed by atoms with Crippen LogP contribution in [0.4, 0.5) is 0 Å². The summed E-state index contributed by atoms with van der Waals surface area (Å²) in [4.78, 5) is 0. The summed E-state index contributed by atoms with van der Waals surface area (Å²) in [6, 6.07) is 23.0. The quantitative estimate of drug-likeness (QED) is 0.509. The molecular formula is C21H26Si. The predicted molar refractivity (Wildman–Crippen MR) is 100 cm³/mol. The fourth-order valence-electron chi connectivity index (χ4n) is 3.04. The van der Waals surface area contributed by atoms with Gasteiger partial charge in [0.2, 0.25) is 0 Å². The Morgan fingerprint density at radius 3 is 2.09 bits per heavy atom. The number of rotatable bonds is 6. The molecule has 1 heteroatoms. The smallest absolute Gasteiger partial charge is 0.0812 e. The van der Waals surface area contributed by atoms with Gasteiger partial charge in [-0.2, -0.15) is 0 Å². The van der Waals surface area contributed by atoms with E-state index in [1.54, 1.807) is 0 Å². The third kappa shape index (κ3) is 4.33. The van der Waals surface area contributed by atoms with Gasteiger partial charge in [0.05, 0.1) is 8.07 Å². The van der Waals surface area contributed by atoms with E-state index in [0.29, 0.717) is 5.92 Å². The van der Waals surface area contributed by atoms with Crippen LogP contribution in [0.1, 0.15) is 12.5 Å². The molecular weight excluding hydrogens is 280 g/mol. The molecule has 2 rings (SSSR count). The molecule has 0 radical (unpaired) electrons. The number of hydrogen-bond donors (Lipinski definition) is 0. The van der Waals surface area contributed by atoms with Crippen LogP contribution in [0, 0.1) is 5.92 Å². The minimum absolute atomic E-state index is 0.529. The molecule has 0 amide bonds. The SMILES string of the molecule is C=C=C(C)C(Cc1ccccc1)C[Si](C)(C)c1ccccc1. The third-order valence-corrected chi connectivity index (χ3v) is 7.94. The van der Waals surface area contributed by atoms with Gasteiger partial charge in [-0.25, -0.2) is 0 Å². The van der Waals surface area contributed by atoms with Crippen molar-refractivity contribution >= 4 is 13.3 Å². The highest BCUT2D eigenvalue weighted by molar-refractivity contribution is 6.89. The molecule has 0 nitrogen and oxygen atoms in total. The average molecular weight is 307 g/mol. The van der Waals surface area contributed by atoms with E-state index in [2.05, 4.69) is 93.0 Å². The average Bonchev–Trinajstić information content (AvgIpc) is 2.55. The maximum Gasteiger partial charge on any atom is 0.0812 e. The zero-order valence-electron chi connectivity index (χ0n) is 14.0. The van der Waals surface area contributed by atoms with E-state index in [1.807, 2.05) is 0 Å². The molecule has 0 saturated carbocycles. The summed E-state index contributed by atoms with van der Waals surface area (Å²) in [5.41, 5.74) is 5.84. The number of hydrogen-bond acceptors (Lipinski definition) is 0. The predicted octanol–water partition coefficient (Wildman–Crippen LogP) is 5.19. The summed E-state index contributed by atoms with van der Waals surface area (Å²) in [6.45, 7) is 11.0. The molecule has 0 fully saturated rings. The van der Waals surface area contributed by atoms with Gasteiger partial charge in [0.25, 0.3) is 0 Å². The molecule has 22 heavy (non-hydrogen) atoms. The lowest BCUT2D eigenvalue weighted by Crippen LogP contribution is -2.43. The van der Waals surface area contributed by atoms with Crippen LogP contribution in [0.3, 0.4) is 0 Å². The maximum absolute atomic E-state index is 3.88. The first-order valence-corrected chi connectivity index (χ1v) is 11.2. The van der Waals surface area contributed by atoms with Crippen LogP contribution in [0.25, 0.3) is 0 Å².